The van der Waals surface area contributed by atoms with Crippen LogP contribution in [0.3, 0.4) is 0 Å². The number of ether oxygens (including phenoxy) is 1. The number of amides is 2. The third-order valence-corrected chi connectivity index (χ3v) is 4.92. The standard InChI is InChI=1S/C21H23F3N4O3/c22-21(23,24)31-18-6-4-16(5-7-18)27-20(30)19(29)26-13-15-8-11-28(12-9-15)14-17-3-1-2-10-25-17/h1-7,10,15H,8-9,11-14H2,(H,26,29)(H,27,30). The van der Waals surface area contributed by atoms with Gasteiger partial charge in [0.2, 0.25) is 0 Å². The first-order valence-electron chi connectivity index (χ1n) is 9.86. The highest BCUT2D eigenvalue weighted by atomic mass is 19.4. The van der Waals surface area contributed by atoms with Crippen molar-refractivity contribution in [3.63, 3.8) is 0 Å². The van der Waals surface area contributed by atoms with Gasteiger partial charge < -0.3 is 15.4 Å². The summed E-state index contributed by atoms with van der Waals surface area (Å²) in [6, 6.07) is 10.4. The normalized spacial score (nSPS) is 15.3. The lowest BCUT2D eigenvalue weighted by Gasteiger charge is -2.31. The lowest BCUT2D eigenvalue weighted by Crippen LogP contribution is -2.41. The Morgan fingerprint density at radius 2 is 1.77 bits per heavy atom. The average Bonchev–Trinajstić information content (AvgIpc) is 2.74. The first kappa shape index (κ1) is 22.5. The number of piperidine rings is 1. The average molecular weight is 436 g/mol. The Labute approximate surface area is 177 Å². The number of rotatable bonds is 6. The van der Waals surface area contributed by atoms with Gasteiger partial charge in [-0.15, -0.1) is 13.2 Å². The largest absolute Gasteiger partial charge is 0.573 e. The number of benzene rings is 1. The fourth-order valence-electron chi connectivity index (χ4n) is 3.31. The van der Waals surface area contributed by atoms with Crippen molar-refractivity contribution in [1.82, 2.24) is 15.2 Å². The molecule has 7 nitrogen and oxygen atoms in total. The maximum atomic E-state index is 12.2. The maximum absolute atomic E-state index is 12.2. The van der Waals surface area contributed by atoms with Crippen LogP contribution in [0.5, 0.6) is 5.75 Å². The molecule has 1 aromatic heterocycles. The Hall–Kier alpha value is -3.14. The van der Waals surface area contributed by atoms with Crippen LogP contribution in [-0.2, 0) is 16.1 Å². The van der Waals surface area contributed by atoms with E-state index in [4.69, 9.17) is 0 Å². The van der Waals surface area contributed by atoms with Gasteiger partial charge in [-0.25, -0.2) is 0 Å². The van der Waals surface area contributed by atoms with Gasteiger partial charge in [-0.1, -0.05) is 6.07 Å². The zero-order chi connectivity index (χ0) is 22.3. The molecule has 166 valence electrons. The molecule has 2 aromatic rings. The van der Waals surface area contributed by atoms with Crippen molar-refractivity contribution >= 4 is 17.5 Å². The Balaban J connectivity index is 1.37. The molecule has 0 bridgehead atoms. The van der Waals surface area contributed by atoms with E-state index >= 15 is 0 Å². The summed E-state index contributed by atoms with van der Waals surface area (Å²) in [4.78, 5) is 30.7. The Morgan fingerprint density at radius 1 is 1.06 bits per heavy atom. The van der Waals surface area contributed by atoms with Gasteiger partial charge in [-0.05, 0) is 68.2 Å². The number of hydrogen-bond acceptors (Lipinski definition) is 5. The van der Waals surface area contributed by atoms with Gasteiger partial charge in [0.15, 0.2) is 0 Å². The smallest absolute Gasteiger partial charge is 0.406 e. The molecule has 2 amide bonds. The van der Waals surface area contributed by atoms with Crippen LogP contribution in [0.15, 0.2) is 48.7 Å². The van der Waals surface area contributed by atoms with Crippen LogP contribution in [0.2, 0.25) is 0 Å². The zero-order valence-corrected chi connectivity index (χ0v) is 16.7. The third-order valence-electron chi connectivity index (χ3n) is 4.92. The Kier molecular flexibility index (Phi) is 7.45. The second-order valence-corrected chi connectivity index (χ2v) is 7.28. The minimum Gasteiger partial charge on any atom is -0.406 e. The molecule has 0 spiro atoms. The van der Waals surface area contributed by atoms with E-state index in [9.17, 15) is 22.8 Å². The van der Waals surface area contributed by atoms with E-state index in [1.54, 1.807) is 6.20 Å². The van der Waals surface area contributed by atoms with E-state index in [-0.39, 0.29) is 11.6 Å². The van der Waals surface area contributed by atoms with E-state index in [0.29, 0.717) is 6.54 Å². The number of nitrogens with one attached hydrogen (secondary N) is 2. The summed E-state index contributed by atoms with van der Waals surface area (Å²) in [5.41, 5.74) is 1.21. The van der Waals surface area contributed by atoms with Crippen LogP contribution in [-0.4, -0.2) is 47.7 Å². The highest BCUT2D eigenvalue weighted by molar-refractivity contribution is 6.39. The number of alkyl halides is 3. The van der Waals surface area contributed by atoms with E-state index in [1.807, 2.05) is 18.2 Å². The summed E-state index contributed by atoms with van der Waals surface area (Å²) in [6.45, 7) is 2.95. The van der Waals surface area contributed by atoms with Crippen molar-refractivity contribution in [3.05, 3.63) is 54.4 Å². The summed E-state index contributed by atoms with van der Waals surface area (Å²) in [5, 5.41) is 4.97. The molecule has 0 unspecified atom stereocenters. The number of carbonyl (C=O) groups excluding carboxylic acids is 2. The highest BCUT2D eigenvalue weighted by Crippen LogP contribution is 2.24. The van der Waals surface area contributed by atoms with Crippen molar-refractivity contribution in [2.24, 2.45) is 5.92 Å². The number of hydrogen-bond donors (Lipinski definition) is 2. The highest BCUT2D eigenvalue weighted by Gasteiger charge is 2.31. The van der Waals surface area contributed by atoms with E-state index in [0.717, 1.165) is 50.3 Å². The molecule has 1 fully saturated rings. The number of pyridine rings is 1. The predicted octanol–water partition coefficient (Wildman–Crippen LogP) is 2.95. The van der Waals surface area contributed by atoms with Crippen molar-refractivity contribution in [2.75, 3.05) is 25.0 Å². The lowest BCUT2D eigenvalue weighted by atomic mass is 9.96. The second kappa shape index (κ2) is 10.3. The van der Waals surface area contributed by atoms with Gasteiger partial charge in [-0.3, -0.25) is 19.5 Å². The van der Waals surface area contributed by atoms with E-state index < -0.39 is 23.9 Å². The quantitative estimate of drug-likeness (QED) is 0.681. The van der Waals surface area contributed by atoms with Crippen molar-refractivity contribution in [3.8, 4) is 5.75 Å². The fraction of sp³-hybridized carbons (Fsp3) is 0.381. The van der Waals surface area contributed by atoms with Gasteiger partial charge >= 0.3 is 18.2 Å². The van der Waals surface area contributed by atoms with Gasteiger partial charge in [0, 0.05) is 25.0 Å². The Morgan fingerprint density at radius 3 is 2.39 bits per heavy atom. The first-order valence-corrected chi connectivity index (χ1v) is 9.86. The first-order chi connectivity index (χ1) is 14.8. The molecule has 1 aliphatic heterocycles. The number of anilines is 1. The van der Waals surface area contributed by atoms with Crippen LogP contribution < -0.4 is 15.4 Å². The van der Waals surface area contributed by atoms with Crippen LogP contribution >= 0.6 is 0 Å². The fourth-order valence-corrected chi connectivity index (χ4v) is 3.31. The molecule has 10 heteroatoms. The molecule has 2 N–H and O–H groups in total. The zero-order valence-electron chi connectivity index (χ0n) is 16.7. The molecule has 0 atom stereocenters. The molecule has 0 aliphatic carbocycles. The van der Waals surface area contributed by atoms with Crippen LogP contribution in [0.4, 0.5) is 18.9 Å². The van der Waals surface area contributed by atoms with Crippen LogP contribution in [0.1, 0.15) is 18.5 Å². The molecule has 2 heterocycles. The van der Waals surface area contributed by atoms with E-state index in [2.05, 4.69) is 25.3 Å². The number of halogens is 3. The molecule has 0 radical (unpaired) electrons. The lowest BCUT2D eigenvalue weighted by molar-refractivity contribution is -0.274. The van der Waals surface area contributed by atoms with Crippen LogP contribution in [0.25, 0.3) is 0 Å². The van der Waals surface area contributed by atoms with Crippen molar-refractivity contribution < 1.29 is 27.5 Å². The molecule has 1 aliphatic rings. The van der Waals surface area contributed by atoms with E-state index in [1.165, 1.54) is 12.1 Å². The summed E-state index contributed by atoms with van der Waals surface area (Å²) in [6.07, 6.45) is -1.22. The van der Waals surface area contributed by atoms with Gasteiger partial charge in [0.05, 0.1) is 5.69 Å². The second-order valence-electron chi connectivity index (χ2n) is 7.28. The number of aromatic nitrogens is 1. The number of carbonyl (C=O) groups is 2. The van der Waals surface area contributed by atoms with Crippen LogP contribution in [0, 0.1) is 5.92 Å². The molecular weight excluding hydrogens is 413 g/mol. The van der Waals surface area contributed by atoms with Gasteiger partial charge in [-0.2, -0.15) is 0 Å². The summed E-state index contributed by atoms with van der Waals surface area (Å²) < 4.78 is 40.3. The summed E-state index contributed by atoms with van der Waals surface area (Å²) in [5.74, 6) is -1.80. The molecule has 3 rings (SSSR count). The molecular formula is C21H23F3N4O3. The summed E-state index contributed by atoms with van der Waals surface area (Å²) in [7, 11) is 0. The van der Waals surface area contributed by atoms with Crippen molar-refractivity contribution in [1.29, 1.82) is 0 Å². The number of likely N-dealkylation sites (tertiary alicyclic amines) is 1. The monoisotopic (exact) mass is 436 g/mol. The third kappa shape index (κ3) is 7.56. The van der Waals surface area contributed by atoms with Gasteiger partial charge in [0.1, 0.15) is 5.75 Å². The molecule has 31 heavy (non-hydrogen) atoms. The number of nitrogens with zero attached hydrogens (tertiary/aromatic N) is 2. The van der Waals surface area contributed by atoms with Crippen molar-refractivity contribution in [2.45, 2.75) is 25.7 Å². The molecule has 1 saturated heterocycles. The SMILES string of the molecule is O=C(NCC1CCN(Cc2ccccn2)CC1)C(=O)Nc1ccc(OC(F)(F)F)cc1. The minimum absolute atomic E-state index is 0.192. The molecule has 1 aromatic carbocycles. The maximum Gasteiger partial charge on any atom is 0.573 e. The Bertz CT molecular complexity index is 868. The molecule has 0 saturated carbocycles. The minimum atomic E-state index is -4.79. The summed E-state index contributed by atoms with van der Waals surface area (Å²) >= 11 is 0. The topological polar surface area (TPSA) is 83.6 Å². The predicted molar refractivity (Wildman–Crippen MR) is 107 cm³/mol. The van der Waals surface area contributed by atoms with Gasteiger partial charge in [0.25, 0.3) is 0 Å².